The molecule has 0 spiro atoms. The highest BCUT2D eigenvalue weighted by Gasteiger charge is 2.45. The Morgan fingerprint density at radius 1 is 0.413 bits per heavy atom. The molecule has 0 aromatic carbocycles. The molecule has 6 nitrogen and oxygen atoms in total. The minimum Gasteiger partial charge on any atom is -0.387 e. The number of hydrogen-bond acceptors (Lipinski definition) is 6. The van der Waals surface area contributed by atoms with Gasteiger partial charge in [0.1, 0.15) is 24.4 Å². The number of unbranched alkanes of at least 4 members (excludes halogenated alkanes) is 25. The average Bonchev–Trinajstić information content (AvgIpc) is 3.06. The molecule has 276 valence electrons. The fourth-order valence-electron chi connectivity index (χ4n) is 6.46. The summed E-state index contributed by atoms with van der Waals surface area (Å²) >= 11 is 0. The summed E-state index contributed by atoms with van der Waals surface area (Å²) < 4.78 is 24.1. The van der Waals surface area contributed by atoms with Gasteiger partial charge in [-0.15, -0.1) is 0 Å². The lowest BCUT2D eigenvalue weighted by Crippen LogP contribution is -2.60. The van der Waals surface area contributed by atoms with Crippen molar-refractivity contribution in [1.29, 1.82) is 0 Å². The molecule has 6 heteroatoms. The minimum absolute atomic E-state index is 0.260. The molecule has 1 heterocycles. The molecular formula is C40H80O6. The summed E-state index contributed by atoms with van der Waals surface area (Å²) in [6, 6.07) is 0. The Balaban J connectivity index is 2.13. The molecule has 1 rings (SSSR count). The summed E-state index contributed by atoms with van der Waals surface area (Å²) in [5, 5.41) is 21.8. The molecular weight excluding hydrogens is 576 g/mol. The Bertz CT molecular complexity index is 604. The normalized spacial score (nSPS) is 21.7. The van der Waals surface area contributed by atoms with Crippen LogP contribution in [0.4, 0.5) is 0 Å². The molecule has 0 bridgehead atoms. The van der Waals surface area contributed by atoms with E-state index in [1.165, 1.54) is 148 Å². The monoisotopic (exact) mass is 657 g/mol. The fourth-order valence-corrected chi connectivity index (χ4v) is 6.46. The summed E-state index contributed by atoms with van der Waals surface area (Å²) in [7, 11) is 0. The summed E-state index contributed by atoms with van der Waals surface area (Å²) in [4.78, 5) is 0. The quantitative estimate of drug-likeness (QED) is 0.0661. The van der Waals surface area contributed by atoms with Crippen molar-refractivity contribution in [3.8, 4) is 0 Å². The van der Waals surface area contributed by atoms with Crippen LogP contribution in [0.25, 0.3) is 0 Å². The van der Waals surface area contributed by atoms with Crippen LogP contribution in [-0.4, -0.2) is 67.3 Å². The molecule has 0 aromatic rings. The van der Waals surface area contributed by atoms with Gasteiger partial charge in [0.05, 0.1) is 6.61 Å². The van der Waals surface area contributed by atoms with E-state index >= 15 is 0 Å². The van der Waals surface area contributed by atoms with Crippen LogP contribution in [0, 0.1) is 0 Å². The van der Waals surface area contributed by atoms with Crippen LogP contribution in [0.3, 0.4) is 0 Å². The first-order valence-corrected chi connectivity index (χ1v) is 20.5. The van der Waals surface area contributed by atoms with Gasteiger partial charge in [-0.2, -0.15) is 0 Å². The lowest BCUT2D eigenvalue weighted by molar-refractivity contribution is -0.311. The second-order valence-corrected chi connectivity index (χ2v) is 14.1. The maximum Gasteiger partial charge on any atom is 0.186 e. The van der Waals surface area contributed by atoms with E-state index in [-0.39, 0.29) is 6.61 Å². The number of aliphatic hydroxyl groups excluding tert-OH is 2. The largest absolute Gasteiger partial charge is 0.387 e. The van der Waals surface area contributed by atoms with Gasteiger partial charge in [0.2, 0.25) is 0 Å². The van der Waals surface area contributed by atoms with Gasteiger partial charge >= 0.3 is 0 Å². The summed E-state index contributed by atoms with van der Waals surface area (Å²) in [5.74, 6) is 0. The molecule has 0 aromatic heterocycles. The first-order chi connectivity index (χ1) is 22.7. The zero-order chi connectivity index (χ0) is 33.3. The van der Waals surface area contributed by atoms with Gasteiger partial charge in [0.25, 0.3) is 0 Å². The topological polar surface area (TPSA) is 77.4 Å². The van der Waals surface area contributed by atoms with Crippen molar-refractivity contribution in [2.45, 2.75) is 231 Å². The van der Waals surface area contributed by atoms with Crippen LogP contribution in [0.2, 0.25) is 0 Å². The average molecular weight is 657 g/mol. The van der Waals surface area contributed by atoms with Gasteiger partial charge < -0.3 is 29.2 Å². The summed E-state index contributed by atoms with van der Waals surface area (Å²) in [6.45, 7) is 8.68. The predicted molar refractivity (Wildman–Crippen MR) is 193 cm³/mol. The van der Waals surface area contributed by atoms with Gasteiger partial charge in [-0.1, -0.05) is 181 Å². The third-order valence-electron chi connectivity index (χ3n) is 9.66. The summed E-state index contributed by atoms with van der Waals surface area (Å²) in [6.07, 6.45) is 32.1. The molecule has 2 N–H and O–H groups in total. The lowest BCUT2D eigenvalue weighted by atomic mass is 9.99. The zero-order valence-corrected chi connectivity index (χ0v) is 31.0. The van der Waals surface area contributed by atoms with E-state index in [1.807, 2.05) is 0 Å². The van der Waals surface area contributed by atoms with Crippen molar-refractivity contribution in [3.63, 3.8) is 0 Å². The summed E-state index contributed by atoms with van der Waals surface area (Å²) in [5.41, 5.74) is 0. The number of aliphatic hydroxyl groups is 2. The Labute approximate surface area is 286 Å². The molecule has 0 amide bonds. The second kappa shape index (κ2) is 33.3. The molecule has 0 saturated carbocycles. The predicted octanol–water partition coefficient (Wildman–Crippen LogP) is 10.8. The van der Waals surface area contributed by atoms with Gasteiger partial charge in [-0.05, 0) is 19.3 Å². The maximum absolute atomic E-state index is 11.0. The van der Waals surface area contributed by atoms with Crippen LogP contribution in [0.1, 0.15) is 201 Å². The van der Waals surface area contributed by atoms with E-state index in [4.69, 9.17) is 18.9 Å². The van der Waals surface area contributed by atoms with E-state index in [0.29, 0.717) is 19.8 Å². The van der Waals surface area contributed by atoms with E-state index in [9.17, 15) is 10.2 Å². The number of ether oxygens (including phenoxy) is 4. The molecule has 1 fully saturated rings. The van der Waals surface area contributed by atoms with Crippen molar-refractivity contribution in [2.24, 2.45) is 0 Å². The van der Waals surface area contributed by atoms with Crippen molar-refractivity contribution in [3.05, 3.63) is 0 Å². The highest BCUT2D eigenvalue weighted by Crippen LogP contribution is 2.26. The lowest BCUT2D eigenvalue weighted by Gasteiger charge is -2.42. The third-order valence-corrected chi connectivity index (χ3v) is 9.66. The smallest absolute Gasteiger partial charge is 0.186 e. The Morgan fingerprint density at radius 2 is 0.783 bits per heavy atom. The SMILES string of the molecule is CCCCCCCCCCCCCCCCCCOC[C@H]1O[C@H](OCCCC)[C@H](OCCCCCCCCCCCC)[C@@H](O)[C@@H]1O. The van der Waals surface area contributed by atoms with Gasteiger partial charge in [-0.3, -0.25) is 0 Å². The molecule has 1 aliphatic rings. The van der Waals surface area contributed by atoms with E-state index in [2.05, 4.69) is 20.8 Å². The minimum atomic E-state index is -1.05. The number of rotatable bonds is 35. The van der Waals surface area contributed by atoms with Gasteiger partial charge in [-0.25, -0.2) is 0 Å². The van der Waals surface area contributed by atoms with Crippen molar-refractivity contribution >= 4 is 0 Å². The maximum atomic E-state index is 11.0. The second-order valence-electron chi connectivity index (χ2n) is 14.1. The fraction of sp³-hybridized carbons (Fsp3) is 1.00. The van der Waals surface area contributed by atoms with Gasteiger partial charge in [0.15, 0.2) is 6.29 Å². The van der Waals surface area contributed by atoms with Crippen molar-refractivity contribution in [2.75, 3.05) is 26.4 Å². The van der Waals surface area contributed by atoms with Gasteiger partial charge in [0, 0.05) is 19.8 Å². The van der Waals surface area contributed by atoms with Crippen LogP contribution in [-0.2, 0) is 18.9 Å². The molecule has 0 radical (unpaired) electrons. The molecule has 0 aliphatic carbocycles. The van der Waals surface area contributed by atoms with Crippen LogP contribution < -0.4 is 0 Å². The van der Waals surface area contributed by atoms with Crippen LogP contribution >= 0.6 is 0 Å². The Hall–Kier alpha value is -0.240. The van der Waals surface area contributed by atoms with Crippen LogP contribution in [0.5, 0.6) is 0 Å². The molecule has 46 heavy (non-hydrogen) atoms. The molecule has 0 unspecified atom stereocenters. The standard InChI is InChI=1S/C40H80O6/c1-4-7-10-12-14-16-18-19-20-21-22-23-24-26-28-30-32-43-35-36-37(41)38(42)39(40(46-36)45-33-9-6-3)44-34-31-29-27-25-17-15-13-11-8-5-2/h36-42H,4-35H2,1-3H3/t36-,37-,38+,39-,40+/m1/s1. The Kier molecular flexibility index (Phi) is 31.7. The van der Waals surface area contributed by atoms with Crippen molar-refractivity contribution < 1.29 is 29.2 Å². The van der Waals surface area contributed by atoms with E-state index in [1.54, 1.807) is 0 Å². The zero-order valence-electron chi connectivity index (χ0n) is 31.0. The van der Waals surface area contributed by atoms with E-state index in [0.717, 1.165) is 32.1 Å². The Morgan fingerprint density at radius 3 is 1.22 bits per heavy atom. The molecule has 1 saturated heterocycles. The third kappa shape index (κ3) is 24.0. The molecule has 1 aliphatic heterocycles. The van der Waals surface area contributed by atoms with Crippen molar-refractivity contribution in [1.82, 2.24) is 0 Å². The first-order valence-electron chi connectivity index (χ1n) is 20.5. The number of hydrogen-bond donors (Lipinski definition) is 2. The van der Waals surface area contributed by atoms with E-state index < -0.39 is 30.7 Å². The molecule has 5 atom stereocenters. The highest BCUT2D eigenvalue weighted by atomic mass is 16.7. The first kappa shape index (κ1) is 43.8. The highest BCUT2D eigenvalue weighted by molar-refractivity contribution is 4.90. The van der Waals surface area contributed by atoms with Crippen LogP contribution in [0.15, 0.2) is 0 Å².